The van der Waals surface area contributed by atoms with E-state index in [2.05, 4.69) is 5.10 Å². The first-order valence-electron chi connectivity index (χ1n) is 21.7. The average Bonchev–Trinajstić information content (AvgIpc) is 3.22. The highest BCUT2D eigenvalue weighted by Crippen LogP contribution is 2.40. The largest absolute Gasteiger partial charge is 0.497 e. The summed E-state index contributed by atoms with van der Waals surface area (Å²) < 4.78 is 65.4. The zero-order valence-corrected chi connectivity index (χ0v) is 39.0. The van der Waals surface area contributed by atoms with Crippen LogP contribution >= 0.6 is 0 Å². The Bertz CT molecular complexity index is 1890. The van der Waals surface area contributed by atoms with Gasteiger partial charge < -0.3 is 48.6 Å². The lowest BCUT2D eigenvalue weighted by atomic mass is 9.73. The molecule has 2 fully saturated rings. The van der Waals surface area contributed by atoms with E-state index in [-0.39, 0.29) is 30.6 Å². The summed E-state index contributed by atoms with van der Waals surface area (Å²) in [6.45, 7) is 15.3. The third-order valence-electron chi connectivity index (χ3n) is 12.9. The van der Waals surface area contributed by atoms with Gasteiger partial charge >= 0.3 is 11.9 Å². The maximum atomic E-state index is 14.3. The molecule has 4 unspecified atom stereocenters. The second kappa shape index (κ2) is 21.9. The van der Waals surface area contributed by atoms with Gasteiger partial charge in [-0.2, -0.15) is 10.2 Å². The number of aliphatic hydroxyl groups excluding tert-OH is 2. The van der Waals surface area contributed by atoms with Crippen molar-refractivity contribution in [3.05, 3.63) is 65.2 Å². The number of hydrogen-bond donors (Lipinski definition) is 3. The molecule has 14 atom stereocenters. The fraction of sp³-hybridized carbons (Fsp3) is 0.660. The van der Waals surface area contributed by atoms with E-state index in [1.165, 1.54) is 21.0 Å². The Labute approximate surface area is 370 Å². The fourth-order valence-electron chi connectivity index (χ4n) is 9.08. The molecule has 3 N–H and O–H groups in total. The number of halogens is 2. The molecule has 0 aliphatic carbocycles. The Morgan fingerprint density at radius 2 is 1.60 bits per heavy atom. The molecule has 2 aromatic carbocycles. The van der Waals surface area contributed by atoms with Crippen LogP contribution in [0.2, 0.25) is 0 Å². The van der Waals surface area contributed by atoms with Gasteiger partial charge in [0.15, 0.2) is 6.29 Å². The summed E-state index contributed by atoms with van der Waals surface area (Å²) in [7, 11) is 6.75. The third-order valence-corrected chi connectivity index (χ3v) is 12.9. The molecule has 2 aliphatic rings. The predicted molar refractivity (Wildman–Crippen MR) is 233 cm³/mol. The third kappa shape index (κ3) is 12.5. The molecule has 0 spiro atoms. The Kier molecular flexibility index (Phi) is 17.9. The maximum Gasteiger partial charge on any atom is 0.312 e. The monoisotopic (exact) mass is 889 g/mol. The van der Waals surface area contributed by atoms with Gasteiger partial charge in [-0.15, -0.1) is 0 Å². The fourth-order valence-corrected chi connectivity index (χ4v) is 9.08. The van der Waals surface area contributed by atoms with Gasteiger partial charge in [0.25, 0.3) is 0 Å². The van der Waals surface area contributed by atoms with Crippen molar-refractivity contribution in [2.75, 3.05) is 28.3 Å². The SMILES string of the molecule is CC[C@H]1OC(=O)[C@H](C)[C@@H](OC(=O)Cc2cc(F)cc(F)c2)[C@H](C)[C@@H](OC2OC(C)CC(N(C)C)C2O)[C@](C)(OC)C[C@@H](C)/C(=N\N=C(/C)c2ccc(OC)cc2)[C@H](C)[C@@H](O)[C@]1(C)O. The van der Waals surface area contributed by atoms with Crippen LogP contribution in [-0.4, -0.2) is 132 Å². The number of nitrogens with zero attached hydrogens (tertiary/aromatic N) is 3. The molecule has 4 rings (SSSR count). The van der Waals surface area contributed by atoms with Crippen molar-refractivity contribution in [3.8, 4) is 5.75 Å². The standard InChI is InChI=1S/C47H69F2N3O11/c1-14-37-47(9,57)42(55)27(4)39(51-50-30(7)32-15-17-35(58-12)18-16-32)25(2)24-46(8,59-13)43(63-45-40(54)36(52(10)11)19-26(3)60-45)28(5)41(29(6)44(56)61-37)62-38(53)22-31-20-33(48)23-34(49)21-31/h15-18,20-21,23,25-29,36-37,40-43,45,54-55,57H,14,19,22,24H2,1-13H3/b50-30+,51-39+/t25-,26?,27+,28+,29-,36?,37-,40?,41+,42-,43-,45?,46-,47-/m1/s1. The number of carbonyl (C=O) groups excluding carboxylic acids is 2. The molecule has 63 heavy (non-hydrogen) atoms. The molecule has 16 heteroatoms. The normalized spacial score (nSPS) is 35.8. The van der Waals surface area contributed by atoms with Crippen LogP contribution in [0.25, 0.3) is 0 Å². The summed E-state index contributed by atoms with van der Waals surface area (Å²) in [5, 5.41) is 45.2. The van der Waals surface area contributed by atoms with Gasteiger partial charge in [-0.3, -0.25) is 9.59 Å². The summed E-state index contributed by atoms with van der Waals surface area (Å²) in [5.74, 6) is -6.46. The minimum atomic E-state index is -2.02. The van der Waals surface area contributed by atoms with E-state index < -0.39 is 102 Å². The average molecular weight is 890 g/mol. The zero-order chi connectivity index (χ0) is 47.1. The molecule has 2 heterocycles. The zero-order valence-electron chi connectivity index (χ0n) is 39.0. The number of methoxy groups -OCH3 is 2. The number of likely N-dealkylation sites (N-methyl/N-ethyl adjacent to an activating group) is 1. The molecule has 2 aliphatic heterocycles. The smallest absolute Gasteiger partial charge is 0.312 e. The van der Waals surface area contributed by atoms with E-state index in [9.17, 15) is 33.7 Å². The minimum absolute atomic E-state index is 0.00831. The van der Waals surface area contributed by atoms with Gasteiger partial charge in [-0.25, -0.2) is 8.78 Å². The molecule has 2 saturated heterocycles. The number of ether oxygens (including phenoxy) is 6. The molecule has 0 aromatic heterocycles. The second-order valence-corrected chi connectivity index (χ2v) is 18.0. The van der Waals surface area contributed by atoms with E-state index >= 15 is 0 Å². The minimum Gasteiger partial charge on any atom is -0.497 e. The van der Waals surface area contributed by atoms with Crippen LogP contribution in [0.15, 0.2) is 52.7 Å². The molecule has 0 radical (unpaired) electrons. The summed E-state index contributed by atoms with van der Waals surface area (Å²) in [6, 6.07) is 9.64. The highest BCUT2D eigenvalue weighted by molar-refractivity contribution is 5.99. The Morgan fingerprint density at radius 1 is 0.984 bits per heavy atom. The van der Waals surface area contributed by atoms with Gasteiger partial charge in [0, 0.05) is 36.8 Å². The number of cyclic esters (lactones) is 1. The van der Waals surface area contributed by atoms with Crippen LogP contribution in [0.4, 0.5) is 8.78 Å². The summed E-state index contributed by atoms with van der Waals surface area (Å²) >= 11 is 0. The van der Waals surface area contributed by atoms with Crippen LogP contribution in [0.3, 0.4) is 0 Å². The van der Waals surface area contributed by atoms with Crippen molar-refractivity contribution in [2.45, 2.75) is 148 Å². The van der Waals surface area contributed by atoms with E-state index in [4.69, 9.17) is 33.5 Å². The number of rotatable bonds is 11. The molecule has 0 bridgehead atoms. The summed E-state index contributed by atoms with van der Waals surface area (Å²) in [4.78, 5) is 30.0. The lowest BCUT2D eigenvalue weighted by Gasteiger charge is -2.48. The van der Waals surface area contributed by atoms with E-state index in [0.717, 1.165) is 17.7 Å². The van der Waals surface area contributed by atoms with Crippen LogP contribution in [0, 0.1) is 35.3 Å². The Balaban J connectivity index is 1.93. The lowest BCUT2D eigenvalue weighted by Crippen LogP contribution is -2.60. The van der Waals surface area contributed by atoms with Gasteiger partial charge in [0.1, 0.15) is 41.3 Å². The first-order valence-corrected chi connectivity index (χ1v) is 21.7. The maximum absolute atomic E-state index is 14.3. The molecule has 0 amide bonds. The molecular formula is C47H69F2N3O11. The van der Waals surface area contributed by atoms with E-state index in [1.54, 1.807) is 53.9 Å². The lowest BCUT2D eigenvalue weighted by molar-refractivity contribution is -0.301. The highest BCUT2D eigenvalue weighted by Gasteiger charge is 2.52. The second-order valence-electron chi connectivity index (χ2n) is 18.0. The van der Waals surface area contributed by atoms with Crippen LogP contribution in [0.1, 0.15) is 92.7 Å². The molecular weight excluding hydrogens is 821 g/mol. The Hall–Kier alpha value is -3.90. The number of benzene rings is 2. The quantitative estimate of drug-likeness (QED) is 0.139. The number of carbonyl (C=O) groups is 2. The first-order chi connectivity index (χ1) is 29.5. The molecule has 352 valence electrons. The van der Waals surface area contributed by atoms with Gasteiger partial charge in [-0.1, -0.05) is 27.7 Å². The van der Waals surface area contributed by atoms with Crippen molar-refractivity contribution < 1.29 is 62.1 Å². The highest BCUT2D eigenvalue weighted by atomic mass is 19.1. The summed E-state index contributed by atoms with van der Waals surface area (Å²) in [6.07, 6.45) is -7.76. The van der Waals surface area contributed by atoms with Crippen molar-refractivity contribution in [1.82, 2.24) is 4.90 Å². The van der Waals surface area contributed by atoms with E-state index in [1.807, 2.05) is 45.0 Å². The van der Waals surface area contributed by atoms with Crippen molar-refractivity contribution in [1.29, 1.82) is 0 Å². The van der Waals surface area contributed by atoms with Crippen LogP contribution in [-0.2, 0) is 39.7 Å². The van der Waals surface area contributed by atoms with Gasteiger partial charge in [-0.05, 0) is 121 Å². The van der Waals surface area contributed by atoms with Crippen LogP contribution in [0.5, 0.6) is 5.75 Å². The summed E-state index contributed by atoms with van der Waals surface area (Å²) in [5.41, 5.74) is -1.65. The molecule has 2 aromatic rings. The number of aliphatic hydroxyl groups is 3. The van der Waals surface area contributed by atoms with E-state index in [0.29, 0.717) is 29.7 Å². The van der Waals surface area contributed by atoms with Crippen molar-refractivity contribution >= 4 is 23.4 Å². The topological polar surface area (TPSA) is 178 Å². The van der Waals surface area contributed by atoms with Gasteiger partial charge in [0.05, 0.1) is 49.1 Å². The molecule has 14 nitrogen and oxygen atoms in total. The number of esters is 2. The molecule has 0 saturated carbocycles. The Morgan fingerprint density at radius 3 is 2.16 bits per heavy atom. The predicted octanol–water partition coefficient (Wildman–Crippen LogP) is 5.89. The first kappa shape index (κ1) is 51.7. The van der Waals surface area contributed by atoms with Crippen LogP contribution < -0.4 is 4.74 Å². The van der Waals surface area contributed by atoms with Crippen molar-refractivity contribution in [2.24, 2.45) is 33.9 Å². The van der Waals surface area contributed by atoms with Crippen molar-refractivity contribution in [3.63, 3.8) is 0 Å². The number of hydrogen-bond acceptors (Lipinski definition) is 14. The van der Waals surface area contributed by atoms with Gasteiger partial charge in [0.2, 0.25) is 0 Å².